The third-order valence-corrected chi connectivity index (χ3v) is 1.16. The molecule has 2 nitrogen and oxygen atoms in total. The molecule has 0 bridgehead atoms. The van der Waals surface area contributed by atoms with Crippen LogP contribution in [0.4, 0.5) is 0 Å². The zero-order valence-corrected chi connectivity index (χ0v) is 5.60. The number of ketones is 1. The Hall–Kier alpha value is -0.370. The van der Waals surface area contributed by atoms with E-state index in [4.69, 9.17) is 4.74 Å². The van der Waals surface area contributed by atoms with E-state index in [1.807, 2.05) is 6.92 Å². The number of methoxy groups -OCH3 is 1. The summed E-state index contributed by atoms with van der Waals surface area (Å²) in [4.78, 5) is 10.6. The SMILES string of the molecule is CCC(=O)C(C)OC. The quantitative estimate of drug-likeness (QED) is 0.550. The molecule has 48 valence electrons. The van der Waals surface area contributed by atoms with Crippen molar-refractivity contribution >= 4 is 5.78 Å². The average Bonchev–Trinajstić information content (AvgIpc) is 1.84. The maximum Gasteiger partial charge on any atom is 0.160 e. The first kappa shape index (κ1) is 7.63. The molecule has 0 aromatic carbocycles. The van der Waals surface area contributed by atoms with Crippen LogP contribution in [-0.2, 0) is 9.53 Å². The molecule has 1 unspecified atom stereocenters. The highest BCUT2D eigenvalue weighted by atomic mass is 16.5. The summed E-state index contributed by atoms with van der Waals surface area (Å²) in [6, 6.07) is 0. The number of ether oxygens (including phenoxy) is 1. The summed E-state index contributed by atoms with van der Waals surface area (Å²) >= 11 is 0. The molecule has 0 heterocycles. The van der Waals surface area contributed by atoms with Gasteiger partial charge in [-0.3, -0.25) is 4.79 Å². The van der Waals surface area contributed by atoms with Gasteiger partial charge in [0.1, 0.15) is 6.10 Å². The summed E-state index contributed by atoms with van der Waals surface area (Å²) in [6.45, 7) is 3.59. The molecule has 8 heavy (non-hydrogen) atoms. The molecular formula is C6H12O2. The number of hydrogen-bond donors (Lipinski definition) is 0. The topological polar surface area (TPSA) is 26.3 Å². The number of Topliss-reactive ketones (excluding diaryl/α,β-unsaturated/α-hetero) is 1. The van der Waals surface area contributed by atoms with Crippen molar-refractivity contribution in [2.75, 3.05) is 7.11 Å². The van der Waals surface area contributed by atoms with Crippen LogP contribution < -0.4 is 0 Å². The largest absolute Gasteiger partial charge is 0.374 e. The van der Waals surface area contributed by atoms with Crippen LogP contribution in [0.3, 0.4) is 0 Å². The highest BCUT2D eigenvalue weighted by molar-refractivity contribution is 5.82. The minimum atomic E-state index is -0.222. The lowest BCUT2D eigenvalue weighted by Gasteiger charge is -2.03. The molecule has 0 aliphatic carbocycles. The Kier molecular flexibility index (Phi) is 3.44. The second kappa shape index (κ2) is 3.61. The highest BCUT2D eigenvalue weighted by Crippen LogP contribution is 1.92. The van der Waals surface area contributed by atoms with E-state index in [0.29, 0.717) is 6.42 Å². The molecule has 1 atom stereocenters. The standard InChI is InChI=1S/C6H12O2/c1-4-6(7)5(2)8-3/h5H,4H2,1-3H3. The van der Waals surface area contributed by atoms with Gasteiger partial charge in [0, 0.05) is 13.5 Å². The maximum absolute atomic E-state index is 10.6. The summed E-state index contributed by atoms with van der Waals surface area (Å²) in [7, 11) is 1.54. The van der Waals surface area contributed by atoms with Crippen molar-refractivity contribution in [2.45, 2.75) is 26.4 Å². The van der Waals surface area contributed by atoms with Crippen LogP contribution in [0.1, 0.15) is 20.3 Å². The fourth-order valence-corrected chi connectivity index (χ4v) is 0.419. The van der Waals surface area contributed by atoms with Crippen LogP contribution in [0.25, 0.3) is 0 Å². The van der Waals surface area contributed by atoms with E-state index in [1.54, 1.807) is 6.92 Å². The van der Waals surface area contributed by atoms with Gasteiger partial charge in [-0.25, -0.2) is 0 Å². The van der Waals surface area contributed by atoms with Gasteiger partial charge in [0.2, 0.25) is 0 Å². The maximum atomic E-state index is 10.6. The van der Waals surface area contributed by atoms with Crippen molar-refractivity contribution in [3.8, 4) is 0 Å². The van der Waals surface area contributed by atoms with Gasteiger partial charge in [-0.2, -0.15) is 0 Å². The third kappa shape index (κ3) is 2.07. The normalized spacial score (nSPS) is 13.4. The predicted octanol–water partition coefficient (Wildman–Crippen LogP) is 1.00. The van der Waals surface area contributed by atoms with Gasteiger partial charge in [0.15, 0.2) is 5.78 Å². The van der Waals surface area contributed by atoms with Crippen LogP contribution in [0.2, 0.25) is 0 Å². The molecular weight excluding hydrogens is 104 g/mol. The molecule has 0 fully saturated rings. The summed E-state index contributed by atoms with van der Waals surface area (Å²) in [6.07, 6.45) is 0.342. The van der Waals surface area contributed by atoms with Crippen molar-refractivity contribution < 1.29 is 9.53 Å². The van der Waals surface area contributed by atoms with Crippen molar-refractivity contribution in [1.29, 1.82) is 0 Å². The van der Waals surface area contributed by atoms with E-state index in [1.165, 1.54) is 7.11 Å². The first-order valence-electron chi connectivity index (χ1n) is 2.77. The number of rotatable bonds is 3. The molecule has 0 rings (SSSR count). The van der Waals surface area contributed by atoms with Crippen LogP contribution in [0, 0.1) is 0 Å². The van der Waals surface area contributed by atoms with Gasteiger partial charge in [0.05, 0.1) is 0 Å². The van der Waals surface area contributed by atoms with Gasteiger partial charge in [-0.1, -0.05) is 6.92 Å². The molecule has 0 N–H and O–H groups in total. The summed E-state index contributed by atoms with van der Waals surface area (Å²) < 4.78 is 4.75. The Labute approximate surface area is 49.8 Å². The molecule has 0 saturated carbocycles. The van der Waals surface area contributed by atoms with Crippen molar-refractivity contribution in [3.05, 3.63) is 0 Å². The van der Waals surface area contributed by atoms with E-state index < -0.39 is 0 Å². The number of carbonyl (C=O) groups excluding carboxylic acids is 1. The third-order valence-electron chi connectivity index (χ3n) is 1.16. The molecule has 2 heteroatoms. The van der Waals surface area contributed by atoms with Gasteiger partial charge in [-0.15, -0.1) is 0 Å². The summed E-state index contributed by atoms with van der Waals surface area (Å²) in [5.41, 5.74) is 0. The average molecular weight is 116 g/mol. The molecule has 0 aliphatic heterocycles. The minimum absolute atomic E-state index is 0.160. The second-order valence-electron chi connectivity index (χ2n) is 1.70. The molecule has 0 radical (unpaired) electrons. The van der Waals surface area contributed by atoms with Crippen molar-refractivity contribution in [2.24, 2.45) is 0 Å². The fourth-order valence-electron chi connectivity index (χ4n) is 0.419. The first-order chi connectivity index (χ1) is 3.72. The highest BCUT2D eigenvalue weighted by Gasteiger charge is 2.06. The van der Waals surface area contributed by atoms with Crippen LogP contribution in [-0.4, -0.2) is 19.0 Å². The molecule has 0 amide bonds. The summed E-state index contributed by atoms with van der Waals surface area (Å²) in [5.74, 6) is 0.160. The monoisotopic (exact) mass is 116 g/mol. The molecule has 0 saturated heterocycles. The molecule has 0 spiro atoms. The first-order valence-corrected chi connectivity index (χ1v) is 2.77. The zero-order chi connectivity index (χ0) is 6.57. The lowest BCUT2D eigenvalue weighted by molar-refractivity contribution is -0.127. The molecule has 0 aromatic rings. The number of hydrogen-bond acceptors (Lipinski definition) is 2. The van der Waals surface area contributed by atoms with E-state index in [9.17, 15) is 4.79 Å². The van der Waals surface area contributed by atoms with Crippen molar-refractivity contribution in [1.82, 2.24) is 0 Å². The molecule has 0 aliphatic rings. The van der Waals surface area contributed by atoms with E-state index in [2.05, 4.69) is 0 Å². The number of carbonyl (C=O) groups is 1. The Balaban J connectivity index is 3.46. The zero-order valence-electron chi connectivity index (χ0n) is 5.60. The van der Waals surface area contributed by atoms with E-state index in [-0.39, 0.29) is 11.9 Å². The Morgan fingerprint density at radius 2 is 2.25 bits per heavy atom. The summed E-state index contributed by atoms with van der Waals surface area (Å²) in [5, 5.41) is 0. The smallest absolute Gasteiger partial charge is 0.160 e. The van der Waals surface area contributed by atoms with Crippen LogP contribution >= 0.6 is 0 Å². The van der Waals surface area contributed by atoms with Crippen LogP contribution in [0.5, 0.6) is 0 Å². The van der Waals surface area contributed by atoms with Gasteiger partial charge < -0.3 is 4.74 Å². The minimum Gasteiger partial charge on any atom is -0.374 e. The predicted molar refractivity (Wildman–Crippen MR) is 31.8 cm³/mol. The second-order valence-corrected chi connectivity index (χ2v) is 1.70. The van der Waals surface area contributed by atoms with Gasteiger partial charge in [0.25, 0.3) is 0 Å². The molecule has 0 aromatic heterocycles. The van der Waals surface area contributed by atoms with E-state index in [0.717, 1.165) is 0 Å². The van der Waals surface area contributed by atoms with Gasteiger partial charge in [-0.05, 0) is 6.92 Å². The lowest BCUT2D eigenvalue weighted by Crippen LogP contribution is -2.17. The van der Waals surface area contributed by atoms with E-state index >= 15 is 0 Å². The van der Waals surface area contributed by atoms with Gasteiger partial charge >= 0.3 is 0 Å². The Bertz CT molecular complexity index is 78.6. The lowest BCUT2D eigenvalue weighted by atomic mass is 10.2. The van der Waals surface area contributed by atoms with Crippen molar-refractivity contribution in [3.63, 3.8) is 0 Å². The van der Waals surface area contributed by atoms with Crippen LogP contribution in [0.15, 0.2) is 0 Å². The Morgan fingerprint density at radius 1 is 1.75 bits per heavy atom. The fraction of sp³-hybridized carbons (Fsp3) is 0.833. The Morgan fingerprint density at radius 3 is 2.38 bits per heavy atom.